The van der Waals surface area contributed by atoms with E-state index in [9.17, 15) is 9.59 Å². The fourth-order valence-electron chi connectivity index (χ4n) is 2.07. The molecule has 0 spiro atoms. The number of benzene rings is 1. The highest BCUT2D eigenvalue weighted by Crippen LogP contribution is 2.13. The number of amides is 2. The van der Waals surface area contributed by atoms with Gasteiger partial charge in [-0.3, -0.25) is 9.59 Å². The Bertz CT molecular complexity index is 483. The van der Waals surface area contributed by atoms with Crippen LogP contribution in [0.1, 0.15) is 32.3 Å². The second-order valence-electron chi connectivity index (χ2n) is 5.72. The highest BCUT2D eigenvalue weighted by atomic mass is 16.5. The predicted octanol–water partition coefficient (Wildman–Crippen LogP) is 1.90. The molecule has 2 amide bonds. The smallest absolute Gasteiger partial charge is 0.242 e. The van der Waals surface area contributed by atoms with Crippen molar-refractivity contribution in [3.8, 4) is 5.75 Å². The molecule has 1 atom stereocenters. The van der Waals surface area contributed by atoms with E-state index >= 15 is 0 Å². The number of hydrogen-bond donors (Lipinski definition) is 2. The molecule has 2 N–H and O–H groups in total. The van der Waals surface area contributed by atoms with Crippen molar-refractivity contribution < 1.29 is 14.3 Å². The van der Waals surface area contributed by atoms with E-state index in [0.717, 1.165) is 17.7 Å². The van der Waals surface area contributed by atoms with Gasteiger partial charge in [0.15, 0.2) is 0 Å². The molecular weight excluding hydrogens is 280 g/mol. The van der Waals surface area contributed by atoms with Crippen LogP contribution in [-0.4, -0.2) is 32.0 Å². The van der Waals surface area contributed by atoms with Gasteiger partial charge in [0.1, 0.15) is 11.8 Å². The first kappa shape index (κ1) is 18.0. The van der Waals surface area contributed by atoms with Gasteiger partial charge in [0.2, 0.25) is 11.8 Å². The third-order valence-corrected chi connectivity index (χ3v) is 3.45. The summed E-state index contributed by atoms with van der Waals surface area (Å²) in [4.78, 5) is 23.9. The van der Waals surface area contributed by atoms with Crippen molar-refractivity contribution in [3.05, 3.63) is 29.8 Å². The Morgan fingerprint density at radius 3 is 2.32 bits per heavy atom. The molecule has 0 unspecified atom stereocenters. The molecule has 122 valence electrons. The summed E-state index contributed by atoms with van der Waals surface area (Å²) in [6, 6.07) is 6.93. The van der Waals surface area contributed by atoms with Gasteiger partial charge in [-0.25, -0.2) is 0 Å². The molecule has 1 aromatic carbocycles. The summed E-state index contributed by atoms with van der Waals surface area (Å²) in [6.45, 7) is 4.14. The fourth-order valence-corrected chi connectivity index (χ4v) is 2.07. The molecule has 22 heavy (non-hydrogen) atoms. The predicted molar refractivity (Wildman–Crippen MR) is 86.8 cm³/mol. The minimum absolute atomic E-state index is 0.0872. The maximum atomic E-state index is 12.0. The minimum Gasteiger partial charge on any atom is -0.497 e. The Morgan fingerprint density at radius 2 is 1.82 bits per heavy atom. The number of likely N-dealkylation sites (N-methyl/N-ethyl adjacent to an activating group) is 1. The van der Waals surface area contributed by atoms with Gasteiger partial charge in [-0.05, 0) is 30.0 Å². The van der Waals surface area contributed by atoms with Crippen LogP contribution in [0.5, 0.6) is 5.75 Å². The number of ether oxygens (including phenoxy) is 1. The first-order valence-electron chi connectivity index (χ1n) is 7.60. The molecule has 0 aliphatic carbocycles. The van der Waals surface area contributed by atoms with Gasteiger partial charge < -0.3 is 15.4 Å². The molecule has 5 heteroatoms. The van der Waals surface area contributed by atoms with Gasteiger partial charge in [0, 0.05) is 19.9 Å². The van der Waals surface area contributed by atoms with Gasteiger partial charge in [0.25, 0.3) is 0 Å². The lowest BCUT2D eigenvalue weighted by Gasteiger charge is -2.18. The highest BCUT2D eigenvalue weighted by Gasteiger charge is 2.20. The average molecular weight is 306 g/mol. The molecule has 0 aliphatic rings. The monoisotopic (exact) mass is 306 g/mol. The van der Waals surface area contributed by atoms with Crippen molar-refractivity contribution in [2.24, 2.45) is 5.92 Å². The largest absolute Gasteiger partial charge is 0.497 e. The van der Waals surface area contributed by atoms with Crippen LogP contribution in [0.2, 0.25) is 0 Å². The van der Waals surface area contributed by atoms with Gasteiger partial charge in [0.05, 0.1) is 7.11 Å². The van der Waals surface area contributed by atoms with E-state index in [1.807, 2.05) is 24.3 Å². The van der Waals surface area contributed by atoms with Gasteiger partial charge in [-0.1, -0.05) is 26.0 Å². The third kappa shape index (κ3) is 6.16. The Hall–Kier alpha value is -2.04. The molecule has 5 nitrogen and oxygen atoms in total. The van der Waals surface area contributed by atoms with E-state index in [1.165, 1.54) is 0 Å². The molecule has 0 aromatic heterocycles. The van der Waals surface area contributed by atoms with Gasteiger partial charge in [-0.15, -0.1) is 0 Å². The maximum absolute atomic E-state index is 12.0. The summed E-state index contributed by atoms with van der Waals surface area (Å²) in [7, 11) is 3.18. The second-order valence-corrected chi connectivity index (χ2v) is 5.72. The Morgan fingerprint density at radius 1 is 1.18 bits per heavy atom. The summed E-state index contributed by atoms with van der Waals surface area (Å²) < 4.78 is 5.11. The summed E-state index contributed by atoms with van der Waals surface area (Å²) >= 11 is 0. The lowest BCUT2D eigenvalue weighted by atomic mass is 10.0. The van der Waals surface area contributed by atoms with E-state index in [4.69, 9.17) is 4.74 Å². The zero-order chi connectivity index (χ0) is 16.5. The van der Waals surface area contributed by atoms with Crippen LogP contribution in [0.15, 0.2) is 24.3 Å². The van der Waals surface area contributed by atoms with Crippen molar-refractivity contribution in [1.82, 2.24) is 10.6 Å². The molecule has 0 saturated carbocycles. The van der Waals surface area contributed by atoms with E-state index in [-0.39, 0.29) is 11.8 Å². The lowest BCUT2D eigenvalue weighted by Crippen LogP contribution is -2.47. The summed E-state index contributed by atoms with van der Waals surface area (Å²) in [5.74, 6) is 0.955. The van der Waals surface area contributed by atoms with Crippen LogP contribution in [0, 0.1) is 5.92 Å². The Balaban J connectivity index is 2.67. The normalized spacial score (nSPS) is 11.9. The van der Waals surface area contributed by atoms with Crippen molar-refractivity contribution in [2.75, 3.05) is 14.2 Å². The van der Waals surface area contributed by atoms with Crippen LogP contribution in [-0.2, 0) is 16.0 Å². The topological polar surface area (TPSA) is 67.4 Å². The highest BCUT2D eigenvalue weighted by molar-refractivity contribution is 5.87. The number of carbonyl (C=O) groups is 2. The molecule has 1 aromatic rings. The van der Waals surface area contributed by atoms with E-state index in [1.54, 1.807) is 14.2 Å². The maximum Gasteiger partial charge on any atom is 0.242 e. The zero-order valence-corrected chi connectivity index (χ0v) is 13.8. The van der Waals surface area contributed by atoms with E-state index < -0.39 is 6.04 Å². The quantitative estimate of drug-likeness (QED) is 0.771. The molecular formula is C17H26N2O3. The standard InChI is InChI=1S/C17H26N2O3/c1-12(2)5-10-16(20)19-15(17(21)18-3)11-13-6-8-14(22-4)9-7-13/h6-9,12,15H,5,10-11H2,1-4H3,(H,18,21)(H,19,20)/t15-/m0/s1. The molecule has 0 heterocycles. The minimum atomic E-state index is -0.557. The van der Waals surface area contributed by atoms with Gasteiger partial charge in [-0.2, -0.15) is 0 Å². The number of hydrogen-bond acceptors (Lipinski definition) is 3. The molecule has 0 aliphatic heterocycles. The van der Waals surface area contributed by atoms with Crippen LogP contribution in [0.25, 0.3) is 0 Å². The van der Waals surface area contributed by atoms with Crippen molar-refractivity contribution in [3.63, 3.8) is 0 Å². The van der Waals surface area contributed by atoms with E-state index in [0.29, 0.717) is 18.8 Å². The Labute approximate surface area is 132 Å². The van der Waals surface area contributed by atoms with Gasteiger partial charge >= 0.3 is 0 Å². The molecule has 1 rings (SSSR count). The first-order valence-corrected chi connectivity index (χ1v) is 7.60. The molecule has 0 radical (unpaired) electrons. The SMILES string of the molecule is CNC(=O)[C@H](Cc1ccc(OC)cc1)NC(=O)CCC(C)C. The Kier molecular flexibility index (Phi) is 7.43. The fraction of sp³-hybridized carbons (Fsp3) is 0.529. The van der Waals surface area contributed by atoms with Crippen LogP contribution in [0.3, 0.4) is 0 Å². The number of rotatable bonds is 8. The van der Waals surface area contributed by atoms with Crippen molar-refractivity contribution in [2.45, 2.75) is 39.2 Å². The van der Waals surface area contributed by atoms with E-state index in [2.05, 4.69) is 24.5 Å². The van der Waals surface area contributed by atoms with Crippen molar-refractivity contribution in [1.29, 1.82) is 0 Å². The number of methoxy groups -OCH3 is 1. The average Bonchev–Trinajstić information content (AvgIpc) is 2.52. The number of carbonyl (C=O) groups excluding carboxylic acids is 2. The summed E-state index contributed by atoms with van der Waals surface area (Å²) in [5, 5.41) is 5.42. The first-order chi connectivity index (χ1) is 10.5. The summed E-state index contributed by atoms with van der Waals surface area (Å²) in [6.07, 6.45) is 1.71. The molecule has 0 saturated heterocycles. The van der Waals surface area contributed by atoms with Crippen LogP contribution in [0.4, 0.5) is 0 Å². The summed E-state index contributed by atoms with van der Waals surface area (Å²) in [5.41, 5.74) is 0.971. The molecule has 0 fully saturated rings. The van der Waals surface area contributed by atoms with Crippen LogP contribution >= 0.6 is 0 Å². The second kappa shape index (κ2) is 9.07. The number of nitrogens with one attached hydrogen (secondary N) is 2. The lowest BCUT2D eigenvalue weighted by molar-refractivity contribution is -0.128. The van der Waals surface area contributed by atoms with Crippen molar-refractivity contribution >= 4 is 11.8 Å². The third-order valence-electron chi connectivity index (χ3n) is 3.45. The zero-order valence-electron chi connectivity index (χ0n) is 13.8. The molecule has 0 bridgehead atoms. The van der Waals surface area contributed by atoms with Crippen LogP contribution < -0.4 is 15.4 Å².